The van der Waals surface area contributed by atoms with Crippen molar-refractivity contribution in [1.82, 2.24) is 0 Å². The second-order valence-electron chi connectivity index (χ2n) is 9.52. The third kappa shape index (κ3) is 10.9. The molecule has 8 heteroatoms. The standard InChI is InChI=1S/2C7H13NO2.C6H10.C4H6O.ClH/c1-2-7(4-3-5-7)6-8(9)10;8-5-7(2-1-3-7)4-6(9)10;1-2-6-4-3-5-6;5-4-2-1-3-4;/h2-6H2,1H3;1-5,8H2,(H,9,10);2H,3-5H2,1H3;1-3H2;1H. The summed E-state index contributed by atoms with van der Waals surface area (Å²) in [6, 6.07) is 0. The summed E-state index contributed by atoms with van der Waals surface area (Å²) in [5, 5.41) is 18.7. The minimum atomic E-state index is -0.717. The predicted octanol–water partition coefficient (Wildman–Crippen LogP) is 5.71. The molecule has 4 aliphatic carbocycles. The van der Waals surface area contributed by atoms with Gasteiger partial charge in [-0.25, -0.2) is 0 Å². The van der Waals surface area contributed by atoms with Crippen LogP contribution in [-0.4, -0.2) is 34.9 Å². The molecule has 186 valence electrons. The third-order valence-corrected chi connectivity index (χ3v) is 7.32. The lowest BCUT2D eigenvalue weighted by Crippen LogP contribution is -2.39. The zero-order chi connectivity index (χ0) is 23.3. The monoisotopic (exact) mass is 474 g/mol. The molecule has 0 radical (unpaired) electrons. The van der Waals surface area contributed by atoms with Crippen molar-refractivity contribution in [3.05, 3.63) is 21.8 Å². The number of ketones is 1. The molecular weight excluding hydrogens is 432 g/mol. The van der Waals surface area contributed by atoms with Crippen molar-refractivity contribution in [1.29, 1.82) is 0 Å². The molecule has 7 nitrogen and oxygen atoms in total. The maximum absolute atomic E-state index is 10.3. The third-order valence-electron chi connectivity index (χ3n) is 7.32. The number of carbonyl (C=O) groups is 2. The van der Waals surface area contributed by atoms with Crippen molar-refractivity contribution in [2.24, 2.45) is 16.6 Å². The highest BCUT2D eigenvalue weighted by molar-refractivity contribution is 5.85. The molecule has 0 unspecified atom stereocenters. The van der Waals surface area contributed by atoms with Crippen LogP contribution in [0, 0.1) is 20.9 Å². The van der Waals surface area contributed by atoms with E-state index in [0.29, 0.717) is 12.3 Å². The van der Waals surface area contributed by atoms with E-state index in [9.17, 15) is 19.7 Å². The van der Waals surface area contributed by atoms with Gasteiger partial charge in [0, 0.05) is 23.2 Å². The number of carboxylic acid groups (broad SMARTS) is 1. The summed E-state index contributed by atoms with van der Waals surface area (Å²) in [5.74, 6) is -0.282. The summed E-state index contributed by atoms with van der Waals surface area (Å²) in [6.07, 6.45) is 16.9. The molecule has 0 aromatic rings. The largest absolute Gasteiger partial charge is 0.481 e. The van der Waals surface area contributed by atoms with Crippen LogP contribution < -0.4 is 5.73 Å². The van der Waals surface area contributed by atoms with Gasteiger partial charge < -0.3 is 10.8 Å². The zero-order valence-electron chi connectivity index (χ0n) is 19.9. The lowest BCUT2D eigenvalue weighted by molar-refractivity contribution is -0.501. The van der Waals surface area contributed by atoms with E-state index in [1.165, 1.54) is 25.7 Å². The zero-order valence-corrected chi connectivity index (χ0v) is 20.7. The number of nitrogens with two attached hydrogens (primary N) is 1. The van der Waals surface area contributed by atoms with Gasteiger partial charge in [0.25, 0.3) is 0 Å². The van der Waals surface area contributed by atoms with Crippen molar-refractivity contribution in [2.45, 2.75) is 104 Å². The first-order chi connectivity index (χ1) is 14.7. The highest BCUT2D eigenvalue weighted by Gasteiger charge is 2.39. The van der Waals surface area contributed by atoms with Gasteiger partial charge in [0.15, 0.2) is 0 Å². The van der Waals surface area contributed by atoms with Crippen molar-refractivity contribution in [3.63, 3.8) is 0 Å². The lowest BCUT2D eigenvalue weighted by atomic mass is 9.67. The Morgan fingerprint density at radius 1 is 1.06 bits per heavy atom. The number of hydrogen-bond donors (Lipinski definition) is 2. The van der Waals surface area contributed by atoms with E-state index < -0.39 is 5.97 Å². The van der Waals surface area contributed by atoms with E-state index in [1.54, 1.807) is 5.57 Å². The fourth-order valence-corrected chi connectivity index (χ4v) is 4.02. The van der Waals surface area contributed by atoms with E-state index in [2.05, 4.69) is 13.0 Å². The van der Waals surface area contributed by atoms with Crippen LogP contribution in [0.5, 0.6) is 0 Å². The number of hydrogen-bond acceptors (Lipinski definition) is 5. The van der Waals surface area contributed by atoms with Crippen molar-refractivity contribution in [3.8, 4) is 0 Å². The van der Waals surface area contributed by atoms with Crippen LogP contribution in [0.3, 0.4) is 0 Å². The van der Waals surface area contributed by atoms with Crippen LogP contribution in [0.4, 0.5) is 0 Å². The van der Waals surface area contributed by atoms with Crippen molar-refractivity contribution < 1.29 is 19.6 Å². The first-order valence-electron chi connectivity index (χ1n) is 11.9. The van der Waals surface area contributed by atoms with Gasteiger partial charge in [-0.1, -0.05) is 31.4 Å². The number of nitrogens with zero attached hydrogens (tertiary/aromatic N) is 1. The number of halogens is 1. The minimum Gasteiger partial charge on any atom is -0.481 e. The Labute approximate surface area is 199 Å². The molecule has 4 saturated carbocycles. The molecule has 4 rings (SSSR count). The van der Waals surface area contributed by atoms with Crippen LogP contribution >= 0.6 is 12.4 Å². The van der Waals surface area contributed by atoms with Crippen LogP contribution in [0.2, 0.25) is 0 Å². The summed E-state index contributed by atoms with van der Waals surface area (Å²) < 4.78 is 0. The van der Waals surface area contributed by atoms with Crippen molar-refractivity contribution in [2.75, 3.05) is 13.1 Å². The van der Waals surface area contributed by atoms with E-state index in [-0.39, 0.29) is 41.1 Å². The van der Waals surface area contributed by atoms with Crippen LogP contribution in [-0.2, 0) is 9.59 Å². The summed E-state index contributed by atoms with van der Waals surface area (Å²) in [5.41, 5.74) is 7.15. The van der Waals surface area contributed by atoms with Crippen molar-refractivity contribution >= 4 is 24.2 Å². The molecule has 3 N–H and O–H groups in total. The Bertz CT molecular complexity index is 571. The number of carboxylic acids is 1. The maximum atomic E-state index is 10.3. The molecule has 0 aromatic heterocycles. The van der Waals surface area contributed by atoms with Crippen LogP contribution in [0.1, 0.15) is 104 Å². The molecule has 0 heterocycles. The average molecular weight is 475 g/mol. The fraction of sp³-hybridized carbons (Fsp3) is 0.833. The Hall–Kier alpha value is -1.47. The second kappa shape index (κ2) is 15.4. The minimum absolute atomic E-state index is 0. The summed E-state index contributed by atoms with van der Waals surface area (Å²) in [6.45, 7) is 4.87. The van der Waals surface area contributed by atoms with E-state index >= 15 is 0 Å². The first-order valence-corrected chi connectivity index (χ1v) is 11.9. The predicted molar refractivity (Wildman–Crippen MR) is 130 cm³/mol. The summed E-state index contributed by atoms with van der Waals surface area (Å²) in [7, 11) is 0. The molecule has 0 spiro atoms. The number of allylic oxidation sites excluding steroid dienone is 2. The number of nitro groups is 1. The first kappa shape index (κ1) is 30.5. The van der Waals surface area contributed by atoms with Crippen LogP contribution in [0.15, 0.2) is 11.6 Å². The molecule has 4 aliphatic rings. The van der Waals surface area contributed by atoms with Gasteiger partial charge in [0.1, 0.15) is 5.78 Å². The normalized spacial score (nSPS) is 20.7. The molecule has 0 amide bonds. The highest BCUT2D eigenvalue weighted by atomic mass is 35.5. The van der Waals surface area contributed by atoms with Gasteiger partial charge in [0.05, 0.1) is 6.42 Å². The molecule has 0 saturated heterocycles. The van der Waals surface area contributed by atoms with E-state index in [4.69, 9.17) is 10.8 Å². The number of Topliss-reactive ketones (excluding diaryl/α,β-unsaturated/α-hetero) is 1. The Morgan fingerprint density at radius 3 is 1.59 bits per heavy atom. The quantitative estimate of drug-likeness (QED) is 0.288. The van der Waals surface area contributed by atoms with Gasteiger partial charge in [-0.2, -0.15) is 0 Å². The maximum Gasteiger partial charge on any atom is 0.303 e. The Kier molecular flexibility index (Phi) is 14.7. The van der Waals surface area contributed by atoms with E-state index in [1.807, 2.05) is 6.92 Å². The van der Waals surface area contributed by atoms with Crippen LogP contribution in [0.25, 0.3) is 0 Å². The molecule has 0 bridgehead atoms. The van der Waals surface area contributed by atoms with Gasteiger partial charge >= 0.3 is 5.97 Å². The molecular formula is C24H43ClN2O5. The van der Waals surface area contributed by atoms with Gasteiger partial charge in [0.2, 0.25) is 6.54 Å². The number of carbonyl (C=O) groups excluding carboxylic acids is 1. The molecule has 0 aromatic carbocycles. The molecule has 0 atom stereocenters. The number of aliphatic carboxylic acids is 1. The topological polar surface area (TPSA) is 124 Å². The van der Waals surface area contributed by atoms with Gasteiger partial charge in [-0.3, -0.25) is 19.7 Å². The Balaban J connectivity index is 0.000000411. The summed E-state index contributed by atoms with van der Waals surface area (Å²) >= 11 is 0. The smallest absolute Gasteiger partial charge is 0.303 e. The fourth-order valence-electron chi connectivity index (χ4n) is 4.02. The number of rotatable bonds is 6. The summed E-state index contributed by atoms with van der Waals surface area (Å²) in [4.78, 5) is 30.2. The van der Waals surface area contributed by atoms with Gasteiger partial charge in [-0.15, -0.1) is 12.4 Å². The lowest BCUT2D eigenvalue weighted by Gasteiger charge is -2.39. The molecule has 32 heavy (non-hydrogen) atoms. The Morgan fingerprint density at radius 2 is 1.53 bits per heavy atom. The molecule has 4 fully saturated rings. The van der Waals surface area contributed by atoms with Gasteiger partial charge in [-0.05, 0) is 76.7 Å². The second-order valence-corrected chi connectivity index (χ2v) is 9.52. The SMILES string of the molecule is CC=C1CCC1.CCC1(C[N+](=O)[O-])CCC1.Cl.NCC1(CC(=O)O)CCC1.O=C1CCC1. The molecule has 0 aliphatic heterocycles. The highest BCUT2D eigenvalue weighted by Crippen LogP contribution is 2.43. The average Bonchev–Trinajstić information content (AvgIpc) is 2.60. The van der Waals surface area contributed by atoms with E-state index in [0.717, 1.165) is 57.8 Å².